The number of esters is 1. The fourth-order valence-electron chi connectivity index (χ4n) is 3.10. The number of nitrogens with one attached hydrogen (secondary N) is 2. The summed E-state index contributed by atoms with van der Waals surface area (Å²) >= 11 is 0. The highest BCUT2D eigenvalue weighted by molar-refractivity contribution is 5.92. The lowest BCUT2D eigenvalue weighted by molar-refractivity contribution is -0.899. The van der Waals surface area contributed by atoms with Gasteiger partial charge >= 0.3 is 5.97 Å². The Labute approximate surface area is 146 Å². The summed E-state index contributed by atoms with van der Waals surface area (Å²) in [6.45, 7) is 5.55. The summed E-state index contributed by atoms with van der Waals surface area (Å²) < 4.78 is 5.07. The number of amides is 1. The van der Waals surface area contributed by atoms with Crippen LogP contribution >= 0.6 is 0 Å². The van der Waals surface area contributed by atoms with Crippen molar-refractivity contribution in [2.75, 3.05) is 31.6 Å². The summed E-state index contributed by atoms with van der Waals surface area (Å²) in [5, 5.41) is 13.6. The maximum Gasteiger partial charge on any atom is 0.314 e. The molecule has 1 aliphatic heterocycles. The minimum absolute atomic E-state index is 0.00515. The van der Waals surface area contributed by atoms with E-state index < -0.39 is 4.92 Å². The maximum absolute atomic E-state index is 12.3. The number of likely N-dealkylation sites (tertiary alicyclic amines) is 1. The number of benzene rings is 1. The summed E-state index contributed by atoms with van der Waals surface area (Å²) in [4.78, 5) is 35.5. The predicted octanol–water partition coefficient (Wildman–Crippen LogP) is 0.700. The van der Waals surface area contributed by atoms with Crippen molar-refractivity contribution in [2.24, 2.45) is 5.92 Å². The van der Waals surface area contributed by atoms with Gasteiger partial charge < -0.3 is 15.0 Å². The van der Waals surface area contributed by atoms with Gasteiger partial charge in [0.1, 0.15) is 5.92 Å². The Morgan fingerprint density at radius 1 is 1.44 bits per heavy atom. The standard InChI is InChI=1S/C17H23N3O5/c1-3-25-17(22)13-5-4-8-19(10-13)11-16(21)18-15-7-6-14(20(23)24)9-12(15)2/h6-7,9,13H,3-5,8,10-11H2,1-2H3,(H,18,21)/p+1/t13-/m0/s1. The summed E-state index contributed by atoms with van der Waals surface area (Å²) in [5.41, 5.74) is 1.20. The molecule has 1 heterocycles. The Balaban J connectivity index is 1.91. The number of nitro benzene ring substituents is 1. The molecule has 0 bridgehead atoms. The molecule has 2 atom stereocenters. The average molecular weight is 350 g/mol. The molecular formula is C17H24N3O5+. The van der Waals surface area contributed by atoms with Gasteiger partial charge in [0.15, 0.2) is 6.54 Å². The number of quaternary nitrogens is 1. The van der Waals surface area contributed by atoms with Gasteiger partial charge in [-0.3, -0.25) is 19.7 Å². The van der Waals surface area contributed by atoms with Crippen LogP contribution in [0.2, 0.25) is 0 Å². The van der Waals surface area contributed by atoms with Gasteiger partial charge in [-0.2, -0.15) is 0 Å². The number of nitro groups is 1. The topological polar surface area (TPSA) is 103 Å². The van der Waals surface area contributed by atoms with E-state index in [-0.39, 0.29) is 30.0 Å². The molecule has 1 unspecified atom stereocenters. The molecular weight excluding hydrogens is 326 g/mol. The molecule has 8 nitrogen and oxygen atoms in total. The van der Waals surface area contributed by atoms with Crippen molar-refractivity contribution in [1.82, 2.24) is 0 Å². The molecule has 0 radical (unpaired) electrons. The van der Waals surface area contributed by atoms with Crippen LogP contribution in [0.25, 0.3) is 0 Å². The second kappa shape index (κ2) is 8.57. The molecule has 1 saturated heterocycles. The van der Waals surface area contributed by atoms with Gasteiger partial charge in [-0.25, -0.2) is 0 Å². The molecule has 2 rings (SSSR count). The number of hydrogen-bond acceptors (Lipinski definition) is 5. The molecule has 25 heavy (non-hydrogen) atoms. The van der Waals surface area contributed by atoms with Crippen LogP contribution < -0.4 is 10.2 Å². The molecule has 1 aromatic rings. The third kappa shape index (κ3) is 5.25. The second-order valence-electron chi connectivity index (χ2n) is 6.28. The van der Waals surface area contributed by atoms with Crippen LogP contribution in [0.5, 0.6) is 0 Å². The Hall–Kier alpha value is -2.48. The van der Waals surface area contributed by atoms with Gasteiger partial charge in [-0.15, -0.1) is 0 Å². The molecule has 0 aliphatic carbocycles. The molecule has 0 spiro atoms. The lowest BCUT2D eigenvalue weighted by Crippen LogP contribution is -3.14. The first-order valence-corrected chi connectivity index (χ1v) is 8.45. The smallest absolute Gasteiger partial charge is 0.314 e. The van der Waals surface area contributed by atoms with E-state index in [9.17, 15) is 19.7 Å². The number of ether oxygens (including phenoxy) is 1. The lowest BCUT2D eigenvalue weighted by atomic mass is 9.98. The fourth-order valence-corrected chi connectivity index (χ4v) is 3.10. The molecule has 1 fully saturated rings. The number of carbonyl (C=O) groups is 2. The summed E-state index contributed by atoms with van der Waals surface area (Å²) in [6, 6.07) is 4.34. The van der Waals surface area contributed by atoms with Crippen LogP contribution in [-0.2, 0) is 14.3 Å². The fraction of sp³-hybridized carbons (Fsp3) is 0.529. The van der Waals surface area contributed by atoms with E-state index in [1.165, 1.54) is 12.1 Å². The van der Waals surface area contributed by atoms with E-state index in [1.807, 2.05) is 0 Å². The van der Waals surface area contributed by atoms with Gasteiger partial charge in [0.25, 0.3) is 11.6 Å². The molecule has 8 heteroatoms. The zero-order chi connectivity index (χ0) is 18.4. The van der Waals surface area contributed by atoms with Crippen molar-refractivity contribution >= 4 is 23.3 Å². The Kier molecular flexibility index (Phi) is 6.46. The van der Waals surface area contributed by atoms with Gasteiger partial charge in [0.05, 0.1) is 24.6 Å². The minimum atomic E-state index is -0.466. The Bertz CT molecular complexity index is 662. The first-order chi connectivity index (χ1) is 11.9. The highest BCUT2D eigenvalue weighted by atomic mass is 16.6. The normalized spacial score (nSPS) is 19.9. The van der Waals surface area contributed by atoms with Crippen LogP contribution in [-0.4, -0.2) is 43.0 Å². The number of aryl methyl sites for hydroxylation is 1. The van der Waals surface area contributed by atoms with Crippen LogP contribution in [0.3, 0.4) is 0 Å². The number of anilines is 1. The summed E-state index contributed by atoms with van der Waals surface area (Å²) in [7, 11) is 0. The van der Waals surface area contributed by atoms with Gasteiger partial charge in [0, 0.05) is 17.8 Å². The van der Waals surface area contributed by atoms with Gasteiger partial charge in [0.2, 0.25) is 0 Å². The van der Waals surface area contributed by atoms with E-state index in [0.29, 0.717) is 24.4 Å². The largest absolute Gasteiger partial charge is 0.466 e. The SMILES string of the molecule is CCOC(=O)[C@H]1CCC[NH+](CC(=O)Nc2ccc([N+](=O)[O-])cc2C)C1. The van der Waals surface area contributed by atoms with E-state index >= 15 is 0 Å². The number of non-ortho nitro benzene ring substituents is 1. The molecule has 1 aromatic carbocycles. The Morgan fingerprint density at radius 2 is 2.20 bits per heavy atom. The molecule has 136 valence electrons. The predicted molar refractivity (Wildman–Crippen MR) is 91.4 cm³/mol. The lowest BCUT2D eigenvalue weighted by Gasteiger charge is -2.28. The molecule has 0 aromatic heterocycles. The molecule has 0 saturated carbocycles. The maximum atomic E-state index is 12.3. The molecule has 1 aliphatic rings. The number of rotatable bonds is 6. The van der Waals surface area contributed by atoms with E-state index in [0.717, 1.165) is 24.3 Å². The van der Waals surface area contributed by atoms with Crippen molar-refractivity contribution in [1.29, 1.82) is 0 Å². The zero-order valence-electron chi connectivity index (χ0n) is 14.5. The van der Waals surface area contributed by atoms with Crippen molar-refractivity contribution in [2.45, 2.75) is 26.7 Å². The highest BCUT2D eigenvalue weighted by Crippen LogP contribution is 2.20. The third-order valence-electron chi connectivity index (χ3n) is 4.34. The van der Waals surface area contributed by atoms with E-state index in [4.69, 9.17) is 4.74 Å². The van der Waals surface area contributed by atoms with Crippen LogP contribution in [0.15, 0.2) is 18.2 Å². The third-order valence-corrected chi connectivity index (χ3v) is 4.34. The average Bonchev–Trinajstić information content (AvgIpc) is 2.57. The highest BCUT2D eigenvalue weighted by Gasteiger charge is 2.30. The molecule has 2 N–H and O–H groups in total. The number of nitrogens with zero attached hydrogens (tertiary/aromatic N) is 1. The van der Waals surface area contributed by atoms with Gasteiger partial charge in [-0.1, -0.05) is 0 Å². The number of piperidine rings is 1. The first kappa shape index (κ1) is 18.9. The van der Waals surface area contributed by atoms with Crippen molar-refractivity contribution < 1.29 is 24.1 Å². The van der Waals surface area contributed by atoms with Crippen molar-refractivity contribution in [3.8, 4) is 0 Å². The van der Waals surface area contributed by atoms with Crippen LogP contribution in [0.1, 0.15) is 25.3 Å². The van der Waals surface area contributed by atoms with Crippen molar-refractivity contribution in [3.05, 3.63) is 33.9 Å². The van der Waals surface area contributed by atoms with Crippen LogP contribution in [0, 0.1) is 23.0 Å². The van der Waals surface area contributed by atoms with E-state index in [2.05, 4.69) is 5.32 Å². The summed E-state index contributed by atoms with van der Waals surface area (Å²) in [6.07, 6.45) is 1.67. The first-order valence-electron chi connectivity index (χ1n) is 8.45. The zero-order valence-corrected chi connectivity index (χ0v) is 14.5. The number of carbonyl (C=O) groups excluding carboxylic acids is 2. The number of hydrogen-bond donors (Lipinski definition) is 2. The Morgan fingerprint density at radius 3 is 2.84 bits per heavy atom. The van der Waals surface area contributed by atoms with E-state index in [1.54, 1.807) is 19.9 Å². The quantitative estimate of drug-likeness (QED) is 0.447. The monoisotopic (exact) mass is 350 g/mol. The summed E-state index contributed by atoms with van der Waals surface area (Å²) in [5.74, 6) is -0.514. The van der Waals surface area contributed by atoms with Crippen molar-refractivity contribution in [3.63, 3.8) is 0 Å². The molecule has 1 amide bonds. The second-order valence-corrected chi connectivity index (χ2v) is 6.28. The minimum Gasteiger partial charge on any atom is -0.466 e. The van der Waals surface area contributed by atoms with Crippen LogP contribution in [0.4, 0.5) is 11.4 Å². The van der Waals surface area contributed by atoms with Gasteiger partial charge in [-0.05, 0) is 38.3 Å².